The Bertz CT molecular complexity index is 221. The van der Waals surface area contributed by atoms with Gasteiger partial charge in [-0.1, -0.05) is 13.8 Å². The fraction of sp³-hybridized carbons (Fsp3) is 1.00. The number of rotatable bonds is 1. The molecule has 2 aliphatic rings. The van der Waals surface area contributed by atoms with Crippen LogP contribution in [-0.4, -0.2) is 30.8 Å². The first-order valence-electron chi connectivity index (χ1n) is 5.22. The normalized spacial score (nSPS) is 48.2. The number of hydrogen-bond donors (Lipinski definition) is 1. The molecule has 4 nitrogen and oxygen atoms in total. The van der Waals surface area contributed by atoms with Crippen molar-refractivity contribution >= 4 is 0 Å². The highest BCUT2D eigenvalue weighted by atomic mass is 16.8. The first-order chi connectivity index (χ1) is 6.51. The Balaban J connectivity index is 2.04. The van der Waals surface area contributed by atoms with Gasteiger partial charge in [0.2, 0.25) is 6.41 Å². The Morgan fingerprint density at radius 1 is 1.29 bits per heavy atom. The summed E-state index contributed by atoms with van der Waals surface area (Å²) in [5.74, 6) is 0.476. The smallest absolute Gasteiger partial charge is 0.214 e. The zero-order chi connectivity index (χ0) is 10.3. The zero-order valence-corrected chi connectivity index (χ0v) is 9.03. The molecule has 4 heteroatoms. The summed E-state index contributed by atoms with van der Waals surface area (Å²) in [7, 11) is 0. The van der Waals surface area contributed by atoms with Gasteiger partial charge in [0.15, 0.2) is 0 Å². The zero-order valence-electron chi connectivity index (χ0n) is 9.03. The molecule has 2 saturated heterocycles. The lowest BCUT2D eigenvalue weighted by atomic mass is 9.83. The van der Waals surface area contributed by atoms with E-state index in [-0.39, 0.29) is 17.8 Å². The predicted molar refractivity (Wildman–Crippen MR) is 51.5 cm³/mol. The van der Waals surface area contributed by atoms with Gasteiger partial charge in [0.25, 0.3) is 0 Å². The second kappa shape index (κ2) is 3.45. The first-order valence-corrected chi connectivity index (χ1v) is 5.22. The topological polar surface area (TPSA) is 53.7 Å². The molecule has 2 fully saturated rings. The number of nitrogens with two attached hydrogens (primary N) is 1. The van der Waals surface area contributed by atoms with Gasteiger partial charge in [0.05, 0.1) is 18.3 Å². The molecule has 0 spiro atoms. The standard InChI is InChI=1S/C10H19NO3/c1-6(2)10(3)4-7-8(5-12-10)14-9(11)13-7/h6-9H,4-5,11H2,1-3H3. The van der Waals surface area contributed by atoms with Gasteiger partial charge in [-0.3, -0.25) is 5.73 Å². The molecule has 14 heavy (non-hydrogen) atoms. The van der Waals surface area contributed by atoms with Crippen molar-refractivity contribution in [1.29, 1.82) is 0 Å². The van der Waals surface area contributed by atoms with Crippen LogP contribution in [0.2, 0.25) is 0 Å². The second-order valence-corrected chi connectivity index (χ2v) is 4.70. The number of ether oxygens (including phenoxy) is 3. The van der Waals surface area contributed by atoms with E-state index in [4.69, 9.17) is 19.9 Å². The summed E-state index contributed by atoms with van der Waals surface area (Å²) < 4.78 is 16.7. The minimum absolute atomic E-state index is 0.0248. The molecule has 4 unspecified atom stereocenters. The minimum atomic E-state index is -0.567. The Morgan fingerprint density at radius 3 is 2.57 bits per heavy atom. The van der Waals surface area contributed by atoms with E-state index in [0.717, 1.165) is 6.42 Å². The van der Waals surface area contributed by atoms with Crippen LogP contribution in [0.25, 0.3) is 0 Å². The van der Waals surface area contributed by atoms with Crippen LogP contribution in [-0.2, 0) is 14.2 Å². The molecule has 0 bridgehead atoms. The third-order valence-corrected chi connectivity index (χ3v) is 3.44. The van der Waals surface area contributed by atoms with Crippen molar-refractivity contribution in [3.05, 3.63) is 0 Å². The van der Waals surface area contributed by atoms with Crippen LogP contribution in [0.4, 0.5) is 0 Å². The highest BCUT2D eigenvalue weighted by Crippen LogP contribution is 2.36. The van der Waals surface area contributed by atoms with Gasteiger partial charge >= 0.3 is 0 Å². The van der Waals surface area contributed by atoms with Crippen LogP contribution in [0.15, 0.2) is 0 Å². The van der Waals surface area contributed by atoms with E-state index in [9.17, 15) is 0 Å². The summed E-state index contributed by atoms with van der Waals surface area (Å²) in [6, 6.07) is 0. The molecule has 2 N–H and O–H groups in total. The quantitative estimate of drug-likeness (QED) is 0.683. The lowest BCUT2D eigenvalue weighted by molar-refractivity contribution is -0.148. The largest absolute Gasteiger partial charge is 0.372 e. The molecule has 0 radical (unpaired) electrons. The Kier molecular flexibility index (Phi) is 2.55. The average Bonchev–Trinajstić information content (AvgIpc) is 2.43. The average molecular weight is 201 g/mol. The van der Waals surface area contributed by atoms with Crippen molar-refractivity contribution in [3.8, 4) is 0 Å². The van der Waals surface area contributed by atoms with E-state index in [2.05, 4.69) is 20.8 Å². The van der Waals surface area contributed by atoms with Gasteiger partial charge in [0, 0.05) is 6.42 Å². The van der Waals surface area contributed by atoms with E-state index >= 15 is 0 Å². The van der Waals surface area contributed by atoms with Crippen molar-refractivity contribution in [2.24, 2.45) is 11.7 Å². The molecular formula is C10H19NO3. The summed E-state index contributed by atoms with van der Waals surface area (Å²) >= 11 is 0. The molecule has 2 rings (SSSR count). The van der Waals surface area contributed by atoms with Crippen molar-refractivity contribution < 1.29 is 14.2 Å². The molecular weight excluding hydrogens is 182 g/mol. The fourth-order valence-corrected chi connectivity index (χ4v) is 2.01. The summed E-state index contributed by atoms with van der Waals surface area (Å²) in [4.78, 5) is 0. The molecule has 0 aromatic heterocycles. The van der Waals surface area contributed by atoms with E-state index in [0.29, 0.717) is 12.5 Å². The van der Waals surface area contributed by atoms with Crippen molar-refractivity contribution in [2.75, 3.05) is 6.61 Å². The van der Waals surface area contributed by atoms with Crippen molar-refractivity contribution in [3.63, 3.8) is 0 Å². The molecule has 2 heterocycles. The first kappa shape index (κ1) is 10.4. The third kappa shape index (κ3) is 1.67. The monoisotopic (exact) mass is 201 g/mol. The van der Waals surface area contributed by atoms with Crippen LogP contribution in [0, 0.1) is 5.92 Å². The summed E-state index contributed by atoms with van der Waals surface area (Å²) in [5.41, 5.74) is 5.46. The number of fused-ring (bicyclic) bond motifs is 1. The fourth-order valence-electron chi connectivity index (χ4n) is 2.01. The highest BCUT2D eigenvalue weighted by Gasteiger charge is 2.46. The van der Waals surface area contributed by atoms with Gasteiger partial charge in [-0.25, -0.2) is 0 Å². The molecule has 0 amide bonds. The molecule has 0 saturated carbocycles. The number of hydrogen-bond acceptors (Lipinski definition) is 4. The van der Waals surface area contributed by atoms with Gasteiger partial charge in [0.1, 0.15) is 6.10 Å². The van der Waals surface area contributed by atoms with Gasteiger partial charge in [-0.2, -0.15) is 0 Å². The van der Waals surface area contributed by atoms with Gasteiger partial charge in [-0.05, 0) is 12.8 Å². The lowest BCUT2D eigenvalue weighted by Gasteiger charge is -2.41. The SMILES string of the molecule is CC(C)C1(C)CC2OC(N)OC2CO1. The molecule has 0 aliphatic carbocycles. The van der Waals surface area contributed by atoms with Crippen LogP contribution < -0.4 is 5.73 Å². The Hall–Kier alpha value is -0.160. The van der Waals surface area contributed by atoms with Crippen molar-refractivity contribution in [1.82, 2.24) is 0 Å². The minimum Gasteiger partial charge on any atom is -0.372 e. The maximum absolute atomic E-state index is 5.83. The van der Waals surface area contributed by atoms with E-state index < -0.39 is 6.41 Å². The molecule has 0 aromatic carbocycles. The van der Waals surface area contributed by atoms with Crippen LogP contribution in [0.5, 0.6) is 0 Å². The Morgan fingerprint density at radius 2 is 1.93 bits per heavy atom. The van der Waals surface area contributed by atoms with Gasteiger partial charge < -0.3 is 14.2 Å². The maximum atomic E-state index is 5.83. The van der Waals surface area contributed by atoms with Crippen LogP contribution >= 0.6 is 0 Å². The van der Waals surface area contributed by atoms with E-state index in [1.807, 2.05) is 0 Å². The summed E-state index contributed by atoms with van der Waals surface area (Å²) in [6.07, 6.45) is 0.425. The Labute approximate surface area is 84.7 Å². The second-order valence-electron chi connectivity index (χ2n) is 4.70. The molecule has 82 valence electrons. The predicted octanol–water partition coefficient (Wildman–Crippen LogP) is 0.848. The third-order valence-electron chi connectivity index (χ3n) is 3.44. The maximum Gasteiger partial charge on any atom is 0.214 e. The molecule has 2 aliphatic heterocycles. The lowest BCUT2D eigenvalue weighted by Crippen LogP contribution is -2.49. The van der Waals surface area contributed by atoms with Crippen molar-refractivity contribution in [2.45, 2.75) is 51.4 Å². The summed E-state index contributed by atoms with van der Waals surface area (Å²) in [5, 5.41) is 0. The van der Waals surface area contributed by atoms with Crippen LogP contribution in [0.1, 0.15) is 27.2 Å². The summed E-state index contributed by atoms with van der Waals surface area (Å²) in [6.45, 7) is 7.04. The van der Waals surface area contributed by atoms with Gasteiger partial charge in [-0.15, -0.1) is 0 Å². The van der Waals surface area contributed by atoms with E-state index in [1.165, 1.54) is 0 Å². The molecule has 0 aromatic rings. The van der Waals surface area contributed by atoms with Crippen LogP contribution in [0.3, 0.4) is 0 Å². The highest BCUT2D eigenvalue weighted by molar-refractivity contribution is 4.92. The molecule has 4 atom stereocenters. The van der Waals surface area contributed by atoms with E-state index in [1.54, 1.807) is 0 Å².